The third kappa shape index (κ3) is 3.79. The third-order valence-electron chi connectivity index (χ3n) is 3.86. The Morgan fingerprint density at radius 1 is 1.45 bits per heavy atom. The van der Waals surface area contributed by atoms with Crippen LogP contribution < -0.4 is 11.1 Å². The molecule has 0 bridgehead atoms. The molecule has 2 rings (SSSR count). The van der Waals surface area contributed by atoms with Gasteiger partial charge in [0.05, 0.1) is 6.54 Å². The van der Waals surface area contributed by atoms with Gasteiger partial charge in [0, 0.05) is 31.4 Å². The van der Waals surface area contributed by atoms with Crippen molar-refractivity contribution < 1.29 is 4.79 Å². The summed E-state index contributed by atoms with van der Waals surface area (Å²) in [6, 6.07) is 8.23. The Kier molecular flexibility index (Phi) is 5.11. The van der Waals surface area contributed by atoms with Gasteiger partial charge in [0.2, 0.25) is 5.91 Å². The molecule has 1 saturated heterocycles. The number of nitrogens with zero attached hydrogens (tertiary/aromatic N) is 2. The first-order chi connectivity index (χ1) is 9.60. The monoisotopic (exact) mass is 276 g/mol. The number of hydrogen-bond donors (Lipinski definition) is 2. The Hall–Kier alpha value is -1.43. The summed E-state index contributed by atoms with van der Waals surface area (Å²) >= 11 is 0. The zero-order valence-electron chi connectivity index (χ0n) is 12.3. The first-order valence-corrected chi connectivity index (χ1v) is 7.06. The van der Waals surface area contributed by atoms with Crippen LogP contribution in [0.1, 0.15) is 12.0 Å². The fourth-order valence-corrected chi connectivity index (χ4v) is 2.59. The predicted octanol–water partition coefficient (Wildman–Crippen LogP) is 0.720. The maximum atomic E-state index is 12.1. The third-order valence-corrected chi connectivity index (χ3v) is 3.86. The molecule has 1 amide bonds. The average molecular weight is 276 g/mol. The molecule has 5 heteroatoms. The summed E-state index contributed by atoms with van der Waals surface area (Å²) in [7, 11) is 4.18. The van der Waals surface area contributed by atoms with E-state index in [4.69, 9.17) is 5.73 Å². The summed E-state index contributed by atoms with van der Waals surface area (Å²) < 4.78 is 0. The summed E-state index contributed by atoms with van der Waals surface area (Å²) in [5.74, 6) is 0.0327. The number of anilines is 1. The van der Waals surface area contributed by atoms with Gasteiger partial charge in [0.1, 0.15) is 0 Å². The molecule has 0 aromatic heterocycles. The van der Waals surface area contributed by atoms with Crippen LogP contribution in [0.2, 0.25) is 0 Å². The highest BCUT2D eigenvalue weighted by Crippen LogP contribution is 2.15. The molecule has 0 saturated carbocycles. The highest BCUT2D eigenvalue weighted by Gasteiger charge is 2.25. The van der Waals surface area contributed by atoms with E-state index >= 15 is 0 Å². The van der Waals surface area contributed by atoms with E-state index < -0.39 is 0 Å². The van der Waals surface area contributed by atoms with E-state index in [-0.39, 0.29) is 5.91 Å². The number of amides is 1. The van der Waals surface area contributed by atoms with Gasteiger partial charge in [-0.2, -0.15) is 0 Å². The quantitative estimate of drug-likeness (QED) is 0.832. The molecule has 20 heavy (non-hydrogen) atoms. The number of likely N-dealkylation sites (N-methyl/N-ethyl adjacent to an activating group) is 1. The van der Waals surface area contributed by atoms with Crippen LogP contribution in [0, 0.1) is 0 Å². The summed E-state index contributed by atoms with van der Waals surface area (Å²) in [6.07, 6.45) is 1.12. The molecular formula is C15H24N4O. The van der Waals surface area contributed by atoms with Gasteiger partial charge in [-0.1, -0.05) is 18.2 Å². The molecule has 1 aromatic carbocycles. The lowest BCUT2D eigenvalue weighted by Gasteiger charge is -2.20. The van der Waals surface area contributed by atoms with Crippen LogP contribution in [-0.4, -0.2) is 55.5 Å². The van der Waals surface area contributed by atoms with E-state index in [1.807, 2.05) is 24.3 Å². The summed E-state index contributed by atoms with van der Waals surface area (Å²) in [5.41, 5.74) is 7.46. The molecule has 0 radical (unpaired) electrons. The molecular weight excluding hydrogens is 252 g/mol. The van der Waals surface area contributed by atoms with Gasteiger partial charge in [-0.3, -0.25) is 9.69 Å². The fraction of sp³-hybridized carbons (Fsp3) is 0.533. The molecule has 110 valence electrons. The molecule has 5 nitrogen and oxygen atoms in total. The lowest BCUT2D eigenvalue weighted by atomic mass is 10.2. The van der Waals surface area contributed by atoms with Crippen molar-refractivity contribution >= 4 is 11.6 Å². The second-order valence-corrected chi connectivity index (χ2v) is 5.55. The average Bonchev–Trinajstić information content (AvgIpc) is 2.88. The molecule has 1 aliphatic rings. The van der Waals surface area contributed by atoms with Crippen LogP contribution in [0.4, 0.5) is 5.69 Å². The normalized spacial score (nSPS) is 19.5. The van der Waals surface area contributed by atoms with Gasteiger partial charge in [0.25, 0.3) is 0 Å². The molecule has 0 aliphatic carbocycles. The predicted molar refractivity (Wildman–Crippen MR) is 81.5 cm³/mol. The van der Waals surface area contributed by atoms with Crippen LogP contribution in [0.15, 0.2) is 24.3 Å². The van der Waals surface area contributed by atoms with E-state index in [9.17, 15) is 4.79 Å². The number of carbonyl (C=O) groups is 1. The van der Waals surface area contributed by atoms with Gasteiger partial charge >= 0.3 is 0 Å². The molecule has 0 spiro atoms. The molecule has 3 N–H and O–H groups in total. The first-order valence-electron chi connectivity index (χ1n) is 7.06. The Morgan fingerprint density at radius 3 is 2.85 bits per heavy atom. The Bertz CT molecular complexity index is 461. The second-order valence-electron chi connectivity index (χ2n) is 5.55. The first kappa shape index (κ1) is 15.0. The van der Waals surface area contributed by atoms with Gasteiger partial charge in [-0.15, -0.1) is 0 Å². The number of rotatable bonds is 5. The minimum absolute atomic E-state index is 0.0327. The standard InChI is InChI=1S/C15H24N4O/c1-18(2)13-7-8-19(10-13)11-15(20)17-14-6-4-3-5-12(14)9-16/h3-6,13H,7-11,16H2,1-2H3,(H,17,20). The van der Waals surface area contributed by atoms with Crippen LogP contribution in [0.3, 0.4) is 0 Å². The molecule has 1 aliphatic heterocycles. The maximum Gasteiger partial charge on any atom is 0.238 e. The van der Waals surface area contributed by atoms with E-state index in [0.717, 1.165) is 30.8 Å². The lowest BCUT2D eigenvalue weighted by Crippen LogP contribution is -2.35. The van der Waals surface area contributed by atoms with Crippen LogP contribution in [0.25, 0.3) is 0 Å². The minimum atomic E-state index is 0.0327. The lowest BCUT2D eigenvalue weighted by molar-refractivity contribution is -0.117. The van der Waals surface area contributed by atoms with Crippen molar-refractivity contribution in [2.24, 2.45) is 5.73 Å². The zero-order chi connectivity index (χ0) is 14.5. The van der Waals surface area contributed by atoms with E-state index in [1.54, 1.807) is 0 Å². The van der Waals surface area contributed by atoms with E-state index in [1.165, 1.54) is 0 Å². The Balaban J connectivity index is 1.87. The summed E-state index contributed by atoms with van der Waals surface area (Å²) in [5, 5.41) is 2.96. The Morgan fingerprint density at radius 2 is 2.20 bits per heavy atom. The van der Waals surface area contributed by atoms with Gasteiger partial charge < -0.3 is 16.0 Å². The zero-order valence-corrected chi connectivity index (χ0v) is 12.3. The smallest absolute Gasteiger partial charge is 0.238 e. The number of para-hydroxylation sites is 1. The van der Waals surface area contributed by atoms with Crippen molar-refractivity contribution in [1.82, 2.24) is 9.80 Å². The number of likely N-dealkylation sites (tertiary alicyclic amines) is 1. The van der Waals surface area contributed by atoms with Crippen LogP contribution in [-0.2, 0) is 11.3 Å². The molecule has 1 heterocycles. The van der Waals surface area contributed by atoms with Gasteiger partial charge in [-0.25, -0.2) is 0 Å². The fourth-order valence-electron chi connectivity index (χ4n) is 2.59. The largest absolute Gasteiger partial charge is 0.326 e. The van der Waals surface area contributed by atoms with Crippen LogP contribution in [0.5, 0.6) is 0 Å². The molecule has 1 fully saturated rings. The number of nitrogens with two attached hydrogens (primary N) is 1. The van der Waals surface area contributed by atoms with Crippen molar-refractivity contribution in [3.05, 3.63) is 29.8 Å². The SMILES string of the molecule is CN(C)C1CCN(CC(=O)Nc2ccccc2CN)C1. The minimum Gasteiger partial charge on any atom is -0.326 e. The maximum absolute atomic E-state index is 12.1. The van der Waals surface area contributed by atoms with Crippen LogP contribution >= 0.6 is 0 Å². The van der Waals surface area contributed by atoms with Gasteiger partial charge in [0.15, 0.2) is 0 Å². The van der Waals surface area contributed by atoms with Crippen molar-refractivity contribution in [2.75, 3.05) is 39.0 Å². The highest BCUT2D eigenvalue weighted by molar-refractivity contribution is 5.93. The van der Waals surface area contributed by atoms with Crippen molar-refractivity contribution in [3.63, 3.8) is 0 Å². The van der Waals surface area contributed by atoms with Gasteiger partial charge in [-0.05, 0) is 32.1 Å². The van der Waals surface area contributed by atoms with E-state index in [2.05, 4.69) is 29.2 Å². The summed E-state index contributed by atoms with van der Waals surface area (Å²) in [6.45, 7) is 2.82. The molecule has 1 aromatic rings. The molecule has 1 atom stereocenters. The highest BCUT2D eigenvalue weighted by atomic mass is 16.2. The Labute approximate surface area is 120 Å². The molecule has 1 unspecified atom stereocenters. The topological polar surface area (TPSA) is 61.6 Å². The van der Waals surface area contributed by atoms with E-state index in [0.29, 0.717) is 19.1 Å². The number of carbonyl (C=O) groups excluding carboxylic acids is 1. The van der Waals surface area contributed by atoms with Crippen molar-refractivity contribution in [3.8, 4) is 0 Å². The number of nitrogens with one attached hydrogen (secondary N) is 1. The number of hydrogen-bond acceptors (Lipinski definition) is 4. The van der Waals surface area contributed by atoms with Crippen molar-refractivity contribution in [1.29, 1.82) is 0 Å². The number of benzene rings is 1. The van der Waals surface area contributed by atoms with Crippen molar-refractivity contribution in [2.45, 2.75) is 19.0 Å². The second kappa shape index (κ2) is 6.83. The summed E-state index contributed by atoms with van der Waals surface area (Å²) in [4.78, 5) is 16.5.